The van der Waals surface area contributed by atoms with E-state index < -0.39 is 10.8 Å². The van der Waals surface area contributed by atoms with E-state index in [1.165, 1.54) is 23.8 Å². The molecule has 1 amide bonds. The Morgan fingerprint density at radius 1 is 1.27 bits per heavy atom. The number of nitriles is 1. The first-order chi connectivity index (χ1) is 14.5. The van der Waals surface area contributed by atoms with Crippen molar-refractivity contribution in [2.24, 2.45) is 5.92 Å². The third-order valence-electron chi connectivity index (χ3n) is 5.09. The summed E-state index contributed by atoms with van der Waals surface area (Å²) in [6.45, 7) is 1.53. The highest BCUT2D eigenvalue weighted by Gasteiger charge is 2.20. The van der Waals surface area contributed by atoms with Crippen LogP contribution in [0, 0.1) is 27.4 Å². The number of carbonyl (C=O) groups excluding carboxylic acids is 1. The number of benzene rings is 2. The van der Waals surface area contributed by atoms with Crippen LogP contribution in [0.2, 0.25) is 5.02 Å². The van der Waals surface area contributed by atoms with Crippen molar-refractivity contribution in [1.29, 1.82) is 5.26 Å². The van der Waals surface area contributed by atoms with Crippen molar-refractivity contribution in [3.05, 3.63) is 81.0 Å². The number of hydrogen-bond acceptors (Lipinski definition) is 5. The van der Waals surface area contributed by atoms with Crippen molar-refractivity contribution >= 4 is 28.9 Å². The summed E-state index contributed by atoms with van der Waals surface area (Å²) in [4.78, 5) is 24.8. The molecule has 1 aliphatic heterocycles. The number of likely N-dealkylation sites (tertiary alicyclic amines) is 1. The van der Waals surface area contributed by atoms with Crippen molar-refractivity contribution in [2.45, 2.75) is 19.3 Å². The Kier molecular flexibility index (Phi) is 7.04. The molecule has 0 unspecified atom stereocenters. The molecule has 3 rings (SSSR count). The van der Waals surface area contributed by atoms with Crippen LogP contribution in [0.4, 0.5) is 11.4 Å². The Morgan fingerprint density at radius 3 is 2.60 bits per heavy atom. The van der Waals surface area contributed by atoms with Gasteiger partial charge in [-0.15, -0.1) is 0 Å². The van der Waals surface area contributed by atoms with Gasteiger partial charge in [-0.3, -0.25) is 14.9 Å². The zero-order chi connectivity index (χ0) is 21.5. The van der Waals surface area contributed by atoms with E-state index in [1.54, 1.807) is 6.20 Å². The molecule has 0 saturated carbocycles. The predicted octanol–water partition coefficient (Wildman–Crippen LogP) is 4.55. The third kappa shape index (κ3) is 5.58. The molecule has 0 spiro atoms. The van der Waals surface area contributed by atoms with Gasteiger partial charge in [0.05, 0.1) is 4.92 Å². The fourth-order valence-corrected chi connectivity index (χ4v) is 3.67. The molecule has 30 heavy (non-hydrogen) atoms. The number of piperidine rings is 1. The average molecular weight is 425 g/mol. The molecule has 1 saturated heterocycles. The van der Waals surface area contributed by atoms with E-state index in [4.69, 9.17) is 11.6 Å². The van der Waals surface area contributed by atoms with E-state index in [0.717, 1.165) is 32.4 Å². The first kappa shape index (κ1) is 21.3. The molecule has 0 atom stereocenters. The topological polar surface area (TPSA) is 99.3 Å². The van der Waals surface area contributed by atoms with Gasteiger partial charge in [0, 0.05) is 31.0 Å². The molecule has 2 aromatic rings. The highest BCUT2D eigenvalue weighted by Crippen LogP contribution is 2.27. The monoisotopic (exact) mass is 424 g/mol. The van der Waals surface area contributed by atoms with Gasteiger partial charge in [-0.25, -0.2) is 0 Å². The quantitative estimate of drug-likeness (QED) is 0.317. The molecular weight excluding hydrogens is 404 g/mol. The molecule has 1 N–H and O–H groups in total. The summed E-state index contributed by atoms with van der Waals surface area (Å²) in [5.41, 5.74) is 1.17. The Morgan fingerprint density at radius 2 is 1.97 bits per heavy atom. The van der Waals surface area contributed by atoms with E-state index in [9.17, 15) is 20.2 Å². The first-order valence-electron chi connectivity index (χ1n) is 9.61. The van der Waals surface area contributed by atoms with Crippen molar-refractivity contribution in [3.63, 3.8) is 0 Å². The molecule has 0 bridgehead atoms. The maximum atomic E-state index is 12.5. The number of nitrogens with zero attached hydrogens (tertiary/aromatic N) is 3. The van der Waals surface area contributed by atoms with Gasteiger partial charge in [0.25, 0.3) is 11.6 Å². The van der Waals surface area contributed by atoms with Gasteiger partial charge in [0.15, 0.2) is 0 Å². The number of rotatable bonds is 6. The van der Waals surface area contributed by atoms with Gasteiger partial charge < -0.3 is 10.2 Å². The minimum atomic E-state index is -0.626. The minimum Gasteiger partial charge on any atom is -0.376 e. The fraction of sp³-hybridized carbons (Fsp3) is 0.273. The lowest BCUT2D eigenvalue weighted by atomic mass is 9.90. The van der Waals surface area contributed by atoms with Crippen LogP contribution in [-0.2, 0) is 11.2 Å². The van der Waals surface area contributed by atoms with Crippen molar-refractivity contribution < 1.29 is 9.72 Å². The van der Waals surface area contributed by atoms with Crippen molar-refractivity contribution in [1.82, 2.24) is 4.90 Å². The number of halogens is 1. The van der Waals surface area contributed by atoms with Gasteiger partial charge in [0.2, 0.25) is 0 Å². The molecule has 154 valence electrons. The standard InChI is InChI=1S/C22H21ClN4O3/c23-20-7-6-19(13-21(20)27(29)30)25-22(28)18(14-24)15-26-10-8-17(9-11-26)12-16-4-2-1-3-5-16/h1-7,13,15,17H,8-12H2,(H,25,28)/b18-15-. The highest BCUT2D eigenvalue weighted by atomic mass is 35.5. The molecule has 0 aromatic heterocycles. The van der Waals surface area contributed by atoms with Crippen LogP contribution in [0.25, 0.3) is 0 Å². The number of nitro groups is 1. The molecule has 1 fully saturated rings. The normalized spacial score (nSPS) is 14.8. The zero-order valence-corrected chi connectivity index (χ0v) is 17.0. The van der Waals surface area contributed by atoms with Gasteiger partial charge in [0.1, 0.15) is 16.7 Å². The lowest BCUT2D eigenvalue weighted by Crippen LogP contribution is -2.31. The fourth-order valence-electron chi connectivity index (χ4n) is 3.48. The molecular formula is C22H21ClN4O3. The van der Waals surface area contributed by atoms with Crippen LogP contribution in [0.3, 0.4) is 0 Å². The first-order valence-corrected chi connectivity index (χ1v) is 9.99. The maximum absolute atomic E-state index is 12.5. The lowest BCUT2D eigenvalue weighted by molar-refractivity contribution is -0.384. The molecule has 8 heteroatoms. The molecule has 1 heterocycles. The largest absolute Gasteiger partial charge is 0.376 e. The molecule has 7 nitrogen and oxygen atoms in total. The molecule has 0 aliphatic carbocycles. The number of nitrogens with one attached hydrogen (secondary N) is 1. The summed E-state index contributed by atoms with van der Waals surface area (Å²) >= 11 is 5.78. The second-order valence-corrected chi connectivity index (χ2v) is 7.61. The van der Waals surface area contributed by atoms with Gasteiger partial charge in [-0.05, 0) is 42.9 Å². The number of nitro benzene ring substituents is 1. The Labute approximate surface area is 179 Å². The SMILES string of the molecule is N#C/C(=C/N1CCC(Cc2ccccc2)CC1)C(=O)Nc1ccc(Cl)c([N+](=O)[O-])c1. The van der Waals surface area contributed by atoms with Crippen molar-refractivity contribution in [3.8, 4) is 6.07 Å². The van der Waals surface area contributed by atoms with E-state index in [0.29, 0.717) is 5.92 Å². The van der Waals surface area contributed by atoms with Gasteiger partial charge in [-0.2, -0.15) is 5.26 Å². The van der Waals surface area contributed by atoms with E-state index in [1.807, 2.05) is 29.2 Å². The summed E-state index contributed by atoms with van der Waals surface area (Å²) in [5, 5.41) is 22.9. The van der Waals surface area contributed by atoms with Crippen molar-refractivity contribution in [2.75, 3.05) is 18.4 Å². The van der Waals surface area contributed by atoms with Crippen LogP contribution in [0.5, 0.6) is 0 Å². The Balaban J connectivity index is 1.59. The van der Waals surface area contributed by atoms with E-state index in [-0.39, 0.29) is 22.0 Å². The summed E-state index contributed by atoms with van der Waals surface area (Å²) < 4.78 is 0. The summed E-state index contributed by atoms with van der Waals surface area (Å²) in [7, 11) is 0. The van der Waals surface area contributed by atoms with Gasteiger partial charge in [-0.1, -0.05) is 41.9 Å². The predicted molar refractivity (Wildman–Crippen MR) is 115 cm³/mol. The molecule has 1 aliphatic rings. The summed E-state index contributed by atoms with van der Waals surface area (Å²) in [6.07, 6.45) is 4.56. The number of amides is 1. The van der Waals surface area contributed by atoms with Crippen LogP contribution in [0.15, 0.2) is 60.3 Å². The Bertz CT molecular complexity index is 993. The molecule has 2 aromatic carbocycles. The van der Waals surface area contributed by atoms with Crippen LogP contribution < -0.4 is 5.32 Å². The number of anilines is 1. The van der Waals surface area contributed by atoms with Gasteiger partial charge >= 0.3 is 0 Å². The van der Waals surface area contributed by atoms with Crippen LogP contribution in [-0.4, -0.2) is 28.8 Å². The smallest absolute Gasteiger partial charge is 0.289 e. The second kappa shape index (κ2) is 9.90. The third-order valence-corrected chi connectivity index (χ3v) is 5.41. The maximum Gasteiger partial charge on any atom is 0.289 e. The van der Waals surface area contributed by atoms with Crippen LogP contribution >= 0.6 is 11.6 Å². The number of carbonyl (C=O) groups is 1. The molecule has 0 radical (unpaired) electrons. The highest BCUT2D eigenvalue weighted by molar-refractivity contribution is 6.32. The zero-order valence-electron chi connectivity index (χ0n) is 16.3. The lowest BCUT2D eigenvalue weighted by Gasteiger charge is -2.31. The van der Waals surface area contributed by atoms with E-state index in [2.05, 4.69) is 17.4 Å². The minimum absolute atomic E-state index is 0.0209. The van der Waals surface area contributed by atoms with Crippen LogP contribution in [0.1, 0.15) is 18.4 Å². The Hall–Kier alpha value is -3.37. The number of hydrogen-bond donors (Lipinski definition) is 1. The summed E-state index contributed by atoms with van der Waals surface area (Å²) in [5.74, 6) is -0.0356. The summed E-state index contributed by atoms with van der Waals surface area (Å²) in [6, 6.07) is 16.2. The van der Waals surface area contributed by atoms with E-state index >= 15 is 0 Å². The second-order valence-electron chi connectivity index (χ2n) is 7.20. The average Bonchev–Trinajstić information content (AvgIpc) is 2.75.